The van der Waals surface area contributed by atoms with Crippen LogP contribution in [0.2, 0.25) is 0 Å². The molecule has 0 aliphatic heterocycles. The molecule has 20 heavy (non-hydrogen) atoms. The fourth-order valence-corrected chi connectivity index (χ4v) is 2.93. The van der Waals surface area contributed by atoms with Gasteiger partial charge in [0, 0.05) is 19.2 Å². The summed E-state index contributed by atoms with van der Waals surface area (Å²) < 4.78 is 1.58. The van der Waals surface area contributed by atoms with Crippen molar-refractivity contribution in [1.82, 2.24) is 24.7 Å². The predicted molar refractivity (Wildman–Crippen MR) is 78.2 cm³/mol. The summed E-state index contributed by atoms with van der Waals surface area (Å²) in [5, 5.41) is 11.0. The van der Waals surface area contributed by atoms with Crippen LogP contribution in [0.15, 0.2) is 21.3 Å². The van der Waals surface area contributed by atoms with Crippen molar-refractivity contribution in [2.75, 3.05) is 12.4 Å². The van der Waals surface area contributed by atoms with Crippen LogP contribution < -0.4 is 11.0 Å². The number of nitrogens with one attached hydrogen (secondary N) is 2. The Balaban J connectivity index is 2.40. The molecule has 2 heterocycles. The van der Waals surface area contributed by atoms with E-state index in [-0.39, 0.29) is 5.69 Å². The van der Waals surface area contributed by atoms with E-state index >= 15 is 0 Å². The Morgan fingerprint density at radius 2 is 2.20 bits per heavy atom. The van der Waals surface area contributed by atoms with Gasteiger partial charge in [0.25, 0.3) is 0 Å². The standard InChI is InChI=1S/C12H18N6OS/c1-4-6-8-9(13-3)14-7-15-10(8)20-12-17-16-11(19)18(12)5-2/h7H,4-6H2,1-3H3,(H,16,19)(H,13,14,15). The molecule has 0 aromatic carbocycles. The lowest BCUT2D eigenvalue weighted by Crippen LogP contribution is -2.16. The van der Waals surface area contributed by atoms with Crippen LogP contribution in [0, 0.1) is 0 Å². The smallest absolute Gasteiger partial charge is 0.343 e. The van der Waals surface area contributed by atoms with Crippen LogP contribution in [0.3, 0.4) is 0 Å². The number of H-pyrrole nitrogens is 1. The normalized spacial score (nSPS) is 10.8. The van der Waals surface area contributed by atoms with Gasteiger partial charge < -0.3 is 5.32 Å². The highest BCUT2D eigenvalue weighted by molar-refractivity contribution is 7.99. The Bertz CT molecular complexity index is 635. The maximum absolute atomic E-state index is 11.6. The monoisotopic (exact) mass is 294 g/mol. The molecule has 2 aromatic heterocycles. The van der Waals surface area contributed by atoms with Crippen molar-refractivity contribution < 1.29 is 0 Å². The first-order valence-electron chi connectivity index (χ1n) is 6.55. The first-order valence-corrected chi connectivity index (χ1v) is 7.37. The van der Waals surface area contributed by atoms with Crippen LogP contribution >= 0.6 is 11.8 Å². The minimum Gasteiger partial charge on any atom is -0.373 e. The second kappa shape index (κ2) is 6.56. The molecule has 0 aliphatic rings. The van der Waals surface area contributed by atoms with Gasteiger partial charge in [-0.3, -0.25) is 4.57 Å². The van der Waals surface area contributed by atoms with Gasteiger partial charge in [0.15, 0.2) is 5.16 Å². The van der Waals surface area contributed by atoms with Gasteiger partial charge in [-0.1, -0.05) is 13.3 Å². The SMILES string of the molecule is CCCc1c(NC)ncnc1Sc1n[nH]c(=O)n1CC. The van der Waals surface area contributed by atoms with E-state index in [9.17, 15) is 4.79 Å². The summed E-state index contributed by atoms with van der Waals surface area (Å²) >= 11 is 1.39. The van der Waals surface area contributed by atoms with E-state index in [1.165, 1.54) is 18.1 Å². The number of rotatable bonds is 6. The number of hydrogen-bond acceptors (Lipinski definition) is 6. The molecular weight excluding hydrogens is 276 g/mol. The molecular formula is C12H18N6OS. The zero-order valence-electron chi connectivity index (χ0n) is 11.8. The second-order valence-corrected chi connectivity index (χ2v) is 5.12. The third-order valence-electron chi connectivity index (χ3n) is 2.87. The summed E-state index contributed by atoms with van der Waals surface area (Å²) in [6.45, 7) is 4.59. The summed E-state index contributed by atoms with van der Waals surface area (Å²) in [5.74, 6) is 0.824. The van der Waals surface area contributed by atoms with Crippen molar-refractivity contribution in [2.24, 2.45) is 0 Å². The molecule has 0 amide bonds. The highest BCUT2D eigenvalue weighted by Gasteiger charge is 2.15. The number of aromatic amines is 1. The molecule has 8 heteroatoms. The summed E-state index contributed by atoms with van der Waals surface area (Å²) in [5.41, 5.74) is 0.857. The van der Waals surface area contributed by atoms with Crippen LogP contribution in [0.1, 0.15) is 25.8 Å². The predicted octanol–water partition coefficient (Wildman–Crippen LogP) is 1.53. The summed E-state index contributed by atoms with van der Waals surface area (Å²) in [6, 6.07) is 0. The molecule has 2 N–H and O–H groups in total. The largest absolute Gasteiger partial charge is 0.373 e. The second-order valence-electron chi connectivity index (χ2n) is 4.16. The minimum absolute atomic E-state index is 0.199. The Morgan fingerprint density at radius 1 is 1.40 bits per heavy atom. The van der Waals surface area contributed by atoms with Gasteiger partial charge in [0.2, 0.25) is 0 Å². The van der Waals surface area contributed by atoms with Gasteiger partial charge in [-0.25, -0.2) is 19.9 Å². The van der Waals surface area contributed by atoms with E-state index in [1.807, 2.05) is 14.0 Å². The maximum atomic E-state index is 11.6. The Labute approximate surface area is 121 Å². The fraction of sp³-hybridized carbons (Fsp3) is 0.500. The van der Waals surface area contributed by atoms with Crippen LogP contribution in [-0.2, 0) is 13.0 Å². The maximum Gasteiger partial charge on any atom is 0.343 e. The van der Waals surface area contributed by atoms with Crippen molar-refractivity contribution in [2.45, 2.75) is 43.4 Å². The summed E-state index contributed by atoms with van der Waals surface area (Å²) in [6.07, 6.45) is 3.39. The highest BCUT2D eigenvalue weighted by atomic mass is 32.2. The molecule has 2 rings (SSSR count). The molecule has 0 radical (unpaired) electrons. The van der Waals surface area contributed by atoms with E-state index in [2.05, 4.69) is 32.4 Å². The Hall–Kier alpha value is -1.83. The van der Waals surface area contributed by atoms with Gasteiger partial charge in [-0.05, 0) is 25.1 Å². The lowest BCUT2D eigenvalue weighted by atomic mass is 10.2. The van der Waals surface area contributed by atoms with E-state index in [0.717, 1.165) is 29.2 Å². The summed E-state index contributed by atoms with van der Waals surface area (Å²) in [4.78, 5) is 20.1. The Morgan fingerprint density at radius 3 is 2.85 bits per heavy atom. The molecule has 0 spiro atoms. The average molecular weight is 294 g/mol. The summed E-state index contributed by atoms with van der Waals surface area (Å²) in [7, 11) is 1.84. The average Bonchev–Trinajstić information content (AvgIpc) is 2.81. The van der Waals surface area contributed by atoms with Gasteiger partial charge in [0.05, 0.1) is 0 Å². The Kier molecular flexibility index (Phi) is 4.78. The molecule has 7 nitrogen and oxygen atoms in total. The molecule has 2 aromatic rings. The van der Waals surface area contributed by atoms with Crippen molar-refractivity contribution in [3.8, 4) is 0 Å². The molecule has 0 fully saturated rings. The molecule has 0 atom stereocenters. The lowest BCUT2D eigenvalue weighted by Gasteiger charge is -2.11. The topological polar surface area (TPSA) is 88.5 Å². The first kappa shape index (κ1) is 14.6. The lowest BCUT2D eigenvalue weighted by molar-refractivity contribution is 0.659. The van der Waals surface area contributed by atoms with Crippen LogP contribution in [-0.4, -0.2) is 31.8 Å². The van der Waals surface area contributed by atoms with Crippen LogP contribution in [0.4, 0.5) is 5.82 Å². The number of aromatic nitrogens is 5. The third-order valence-corrected chi connectivity index (χ3v) is 3.91. The van der Waals surface area contributed by atoms with E-state index in [1.54, 1.807) is 4.57 Å². The molecule has 0 unspecified atom stereocenters. The molecule has 0 saturated heterocycles. The van der Waals surface area contributed by atoms with E-state index < -0.39 is 0 Å². The molecule has 0 aliphatic carbocycles. The zero-order chi connectivity index (χ0) is 14.5. The zero-order valence-corrected chi connectivity index (χ0v) is 12.6. The highest BCUT2D eigenvalue weighted by Crippen LogP contribution is 2.30. The van der Waals surface area contributed by atoms with Gasteiger partial charge >= 0.3 is 5.69 Å². The number of nitrogens with zero attached hydrogens (tertiary/aromatic N) is 4. The van der Waals surface area contributed by atoms with Crippen LogP contribution in [0.5, 0.6) is 0 Å². The first-order chi connectivity index (χ1) is 9.71. The van der Waals surface area contributed by atoms with Gasteiger partial charge in [-0.2, -0.15) is 0 Å². The number of hydrogen-bond donors (Lipinski definition) is 2. The van der Waals surface area contributed by atoms with Crippen molar-refractivity contribution in [3.05, 3.63) is 22.4 Å². The van der Waals surface area contributed by atoms with Crippen molar-refractivity contribution in [3.63, 3.8) is 0 Å². The molecule has 0 saturated carbocycles. The quantitative estimate of drug-likeness (QED) is 0.785. The minimum atomic E-state index is -0.199. The third kappa shape index (κ3) is 2.84. The van der Waals surface area contributed by atoms with E-state index in [0.29, 0.717) is 11.7 Å². The van der Waals surface area contributed by atoms with Crippen LogP contribution in [0.25, 0.3) is 0 Å². The number of anilines is 1. The fourth-order valence-electron chi connectivity index (χ4n) is 1.92. The van der Waals surface area contributed by atoms with E-state index in [4.69, 9.17) is 0 Å². The van der Waals surface area contributed by atoms with Gasteiger partial charge in [0.1, 0.15) is 17.2 Å². The van der Waals surface area contributed by atoms with Crippen molar-refractivity contribution >= 4 is 17.6 Å². The van der Waals surface area contributed by atoms with Gasteiger partial charge in [-0.15, -0.1) is 5.10 Å². The van der Waals surface area contributed by atoms with Crippen molar-refractivity contribution in [1.29, 1.82) is 0 Å². The molecule has 0 bridgehead atoms. The molecule has 108 valence electrons.